The van der Waals surface area contributed by atoms with Gasteiger partial charge in [-0.15, -0.1) is 11.6 Å². The smallest absolute Gasteiger partial charge is 0.0601 e. The minimum Gasteiger partial charge on any atom is -0.395 e. The molecule has 0 aliphatic carbocycles. The SMILES string of the molecule is CC/C=C\C/C=C\CC(Cl)CO. The molecule has 0 rings (SSSR count). The molecule has 0 aliphatic heterocycles. The fraction of sp³-hybridized carbons (Fsp3) is 0.600. The van der Waals surface area contributed by atoms with Crippen LogP contribution < -0.4 is 0 Å². The summed E-state index contributed by atoms with van der Waals surface area (Å²) in [6, 6.07) is 0. The topological polar surface area (TPSA) is 20.2 Å². The highest BCUT2D eigenvalue weighted by atomic mass is 35.5. The van der Waals surface area contributed by atoms with E-state index in [1.165, 1.54) is 0 Å². The molecule has 70 valence electrons. The summed E-state index contributed by atoms with van der Waals surface area (Å²) in [5.74, 6) is 0. The van der Waals surface area contributed by atoms with Crippen LogP contribution in [0, 0.1) is 0 Å². The molecule has 0 radical (unpaired) electrons. The Hall–Kier alpha value is -0.270. The first-order chi connectivity index (χ1) is 5.81. The van der Waals surface area contributed by atoms with Gasteiger partial charge in [0.1, 0.15) is 0 Å². The van der Waals surface area contributed by atoms with Crippen LogP contribution in [0.5, 0.6) is 0 Å². The summed E-state index contributed by atoms with van der Waals surface area (Å²) in [6.07, 6.45) is 11.1. The maximum atomic E-state index is 8.60. The summed E-state index contributed by atoms with van der Waals surface area (Å²) >= 11 is 5.69. The fourth-order valence-corrected chi connectivity index (χ4v) is 0.859. The maximum absolute atomic E-state index is 8.60. The first-order valence-electron chi connectivity index (χ1n) is 4.36. The highest BCUT2D eigenvalue weighted by Crippen LogP contribution is 2.01. The molecule has 0 bridgehead atoms. The Kier molecular flexibility index (Phi) is 8.62. The second-order valence-electron chi connectivity index (χ2n) is 2.60. The van der Waals surface area contributed by atoms with E-state index in [0.717, 1.165) is 19.3 Å². The molecular formula is C10H17ClO. The number of hydrogen-bond donors (Lipinski definition) is 1. The molecular weight excluding hydrogens is 172 g/mol. The lowest BCUT2D eigenvalue weighted by Gasteiger charge is -1.98. The van der Waals surface area contributed by atoms with Crippen LogP contribution in [-0.2, 0) is 0 Å². The molecule has 0 amide bonds. The van der Waals surface area contributed by atoms with Crippen LogP contribution in [0.4, 0.5) is 0 Å². The zero-order chi connectivity index (χ0) is 9.23. The third-order valence-electron chi connectivity index (χ3n) is 1.43. The van der Waals surface area contributed by atoms with Gasteiger partial charge >= 0.3 is 0 Å². The predicted molar refractivity (Wildman–Crippen MR) is 54.5 cm³/mol. The molecule has 0 saturated heterocycles. The maximum Gasteiger partial charge on any atom is 0.0601 e. The Morgan fingerprint density at radius 2 is 1.92 bits per heavy atom. The predicted octanol–water partition coefficient (Wildman–Crippen LogP) is 2.89. The van der Waals surface area contributed by atoms with E-state index in [1.807, 2.05) is 6.08 Å². The van der Waals surface area contributed by atoms with Crippen molar-refractivity contribution in [2.75, 3.05) is 6.61 Å². The number of aliphatic hydroxyl groups excluding tert-OH is 1. The summed E-state index contributed by atoms with van der Waals surface area (Å²) in [5.41, 5.74) is 0. The number of allylic oxidation sites excluding steroid dienone is 4. The third kappa shape index (κ3) is 7.83. The van der Waals surface area contributed by atoms with Gasteiger partial charge in [0, 0.05) is 0 Å². The fourth-order valence-electron chi connectivity index (χ4n) is 0.756. The van der Waals surface area contributed by atoms with E-state index in [-0.39, 0.29) is 12.0 Å². The van der Waals surface area contributed by atoms with Gasteiger partial charge in [-0.05, 0) is 19.3 Å². The van der Waals surface area contributed by atoms with Crippen molar-refractivity contribution in [2.45, 2.75) is 31.6 Å². The van der Waals surface area contributed by atoms with Crippen LogP contribution in [0.2, 0.25) is 0 Å². The molecule has 1 unspecified atom stereocenters. The van der Waals surface area contributed by atoms with Crippen molar-refractivity contribution in [3.63, 3.8) is 0 Å². The molecule has 1 nitrogen and oxygen atoms in total. The Morgan fingerprint density at radius 1 is 1.25 bits per heavy atom. The minimum atomic E-state index is -0.128. The molecule has 0 aromatic carbocycles. The molecule has 2 heteroatoms. The molecule has 0 aliphatic rings. The van der Waals surface area contributed by atoms with Crippen molar-refractivity contribution < 1.29 is 5.11 Å². The van der Waals surface area contributed by atoms with E-state index in [4.69, 9.17) is 16.7 Å². The second kappa shape index (κ2) is 8.82. The van der Waals surface area contributed by atoms with Gasteiger partial charge in [-0.3, -0.25) is 0 Å². The van der Waals surface area contributed by atoms with Crippen LogP contribution in [-0.4, -0.2) is 17.1 Å². The van der Waals surface area contributed by atoms with Gasteiger partial charge < -0.3 is 5.11 Å². The Balaban J connectivity index is 3.31. The Labute approximate surface area is 79.7 Å². The van der Waals surface area contributed by atoms with Crippen molar-refractivity contribution in [1.82, 2.24) is 0 Å². The van der Waals surface area contributed by atoms with Crippen molar-refractivity contribution in [1.29, 1.82) is 0 Å². The van der Waals surface area contributed by atoms with Crippen LogP contribution in [0.1, 0.15) is 26.2 Å². The minimum absolute atomic E-state index is 0.0523. The lowest BCUT2D eigenvalue weighted by Crippen LogP contribution is -2.01. The summed E-state index contributed by atoms with van der Waals surface area (Å²) in [7, 11) is 0. The van der Waals surface area contributed by atoms with Gasteiger partial charge in [0.25, 0.3) is 0 Å². The van der Waals surface area contributed by atoms with Crippen LogP contribution in [0.25, 0.3) is 0 Å². The monoisotopic (exact) mass is 188 g/mol. The van der Waals surface area contributed by atoms with Gasteiger partial charge in [0.05, 0.1) is 12.0 Å². The Bertz CT molecular complexity index is 141. The summed E-state index contributed by atoms with van der Waals surface area (Å²) < 4.78 is 0. The van der Waals surface area contributed by atoms with Gasteiger partial charge in [-0.25, -0.2) is 0 Å². The lowest BCUT2D eigenvalue weighted by molar-refractivity contribution is 0.293. The van der Waals surface area contributed by atoms with E-state index < -0.39 is 0 Å². The van der Waals surface area contributed by atoms with Crippen LogP contribution in [0.15, 0.2) is 24.3 Å². The van der Waals surface area contributed by atoms with E-state index in [0.29, 0.717) is 0 Å². The summed E-state index contributed by atoms with van der Waals surface area (Å²) in [6.45, 7) is 2.16. The lowest BCUT2D eigenvalue weighted by atomic mass is 10.2. The molecule has 0 heterocycles. The van der Waals surface area contributed by atoms with E-state index >= 15 is 0 Å². The quantitative estimate of drug-likeness (QED) is 0.502. The molecule has 0 aromatic rings. The number of hydrogen-bond acceptors (Lipinski definition) is 1. The Morgan fingerprint density at radius 3 is 2.50 bits per heavy atom. The number of halogens is 1. The third-order valence-corrected chi connectivity index (χ3v) is 1.75. The van der Waals surface area contributed by atoms with Crippen molar-refractivity contribution in [3.8, 4) is 0 Å². The van der Waals surface area contributed by atoms with Gasteiger partial charge in [0.15, 0.2) is 0 Å². The largest absolute Gasteiger partial charge is 0.395 e. The number of rotatable bonds is 6. The van der Waals surface area contributed by atoms with E-state index in [2.05, 4.69) is 25.2 Å². The number of alkyl halides is 1. The molecule has 1 atom stereocenters. The standard InChI is InChI=1S/C10H17ClO/c1-2-3-4-5-6-7-8-10(11)9-12/h3-4,6-7,10,12H,2,5,8-9H2,1H3/b4-3-,7-6-. The van der Waals surface area contributed by atoms with E-state index in [9.17, 15) is 0 Å². The molecule has 0 saturated carbocycles. The molecule has 0 spiro atoms. The van der Waals surface area contributed by atoms with Gasteiger partial charge in [-0.2, -0.15) is 0 Å². The zero-order valence-corrected chi connectivity index (χ0v) is 8.30. The number of aliphatic hydroxyl groups is 1. The normalized spacial score (nSPS) is 14.6. The first-order valence-corrected chi connectivity index (χ1v) is 4.79. The van der Waals surface area contributed by atoms with Crippen molar-refractivity contribution >= 4 is 11.6 Å². The highest BCUT2D eigenvalue weighted by molar-refractivity contribution is 6.20. The molecule has 1 N–H and O–H groups in total. The highest BCUT2D eigenvalue weighted by Gasteiger charge is 1.96. The zero-order valence-electron chi connectivity index (χ0n) is 7.54. The average Bonchev–Trinajstić information content (AvgIpc) is 2.10. The summed E-state index contributed by atoms with van der Waals surface area (Å²) in [4.78, 5) is 0. The van der Waals surface area contributed by atoms with E-state index in [1.54, 1.807) is 0 Å². The first kappa shape index (κ1) is 11.7. The molecule has 12 heavy (non-hydrogen) atoms. The van der Waals surface area contributed by atoms with Crippen molar-refractivity contribution in [2.24, 2.45) is 0 Å². The molecule has 0 aromatic heterocycles. The average molecular weight is 189 g/mol. The van der Waals surface area contributed by atoms with Crippen LogP contribution >= 0.6 is 11.6 Å². The van der Waals surface area contributed by atoms with Gasteiger partial charge in [-0.1, -0.05) is 31.2 Å². The van der Waals surface area contributed by atoms with Gasteiger partial charge in [0.2, 0.25) is 0 Å². The summed E-state index contributed by atoms with van der Waals surface area (Å²) in [5, 5.41) is 8.47. The second-order valence-corrected chi connectivity index (χ2v) is 3.22. The van der Waals surface area contributed by atoms with Crippen LogP contribution in [0.3, 0.4) is 0 Å². The molecule has 0 fully saturated rings. The van der Waals surface area contributed by atoms with Crippen molar-refractivity contribution in [3.05, 3.63) is 24.3 Å².